The quantitative estimate of drug-likeness (QED) is 0.764. The number of nitrogens with zero attached hydrogens (tertiary/aromatic N) is 1. The molecule has 2 heterocycles. The molecule has 0 aliphatic heterocycles. The van der Waals surface area contributed by atoms with Gasteiger partial charge in [0.25, 0.3) is 0 Å². The lowest BCUT2D eigenvalue weighted by Crippen LogP contribution is -1.94. The van der Waals surface area contributed by atoms with E-state index >= 15 is 0 Å². The fraction of sp³-hybridized carbons (Fsp3) is 0. The van der Waals surface area contributed by atoms with Gasteiger partial charge in [0.2, 0.25) is 5.01 Å². The third-order valence-corrected chi connectivity index (χ3v) is 4.24. The number of carbonyl (C=O) groups is 1. The van der Waals surface area contributed by atoms with E-state index in [1.165, 1.54) is 4.70 Å². The highest BCUT2D eigenvalue weighted by atomic mass is 32.1. The number of aromatic nitrogens is 1. The number of thiazole rings is 1. The van der Waals surface area contributed by atoms with Crippen LogP contribution in [0.5, 0.6) is 0 Å². The highest BCUT2D eigenvalue weighted by molar-refractivity contribution is 7.17. The van der Waals surface area contributed by atoms with Gasteiger partial charge in [0, 0.05) is 26.4 Å². The van der Waals surface area contributed by atoms with Crippen molar-refractivity contribution >= 4 is 38.7 Å². The molecule has 0 radical (unpaired) electrons. The number of rotatable bonds is 2. The van der Waals surface area contributed by atoms with E-state index in [1.807, 2.05) is 29.6 Å². The zero-order valence-corrected chi connectivity index (χ0v) is 10.2. The molecule has 17 heavy (non-hydrogen) atoms. The van der Waals surface area contributed by atoms with Crippen LogP contribution in [0.25, 0.3) is 21.3 Å². The molecule has 0 atom stereocenters. The first kappa shape index (κ1) is 10.4. The molecule has 3 nitrogen and oxygen atoms in total. The van der Waals surface area contributed by atoms with Crippen LogP contribution in [0.4, 0.5) is 0 Å². The molecule has 0 aliphatic carbocycles. The van der Waals surface area contributed by atoms with Crippen molar-refractivity contribution in [2.24, 2.45) is 0 Å². The summed E-state index contributed by atoms with van der Waals surface area (Å²) in [7, 11) is 0. The van der Waals surface area contributed by atoms with Crippen LogP contribution < -0.4 is 0 Å². The van der Waals surface area contributed by atoms with Crippen molar-refractivity contribution in [3.63, 3.8) is 0 Å². The molecule has 84 valence electrons. The van der Waals surface area contributed by atoms with Crippen LogP contribution in [0.2, 0.25) is 0 Å². The van der Waals surface area contributed by atoms with Crippen molar-refractivity contribution in [2.75, 3.05) is 0 Å². The number of benzene rings is 1. The van der Waals surface area contributed by atoms with E-state index in [9.17, 15) is 4.79 Å². The number of hydrogen-bond acceptors (Lipinski definition) is 4. The summed E-state index contributed by atoms with van der Waals surface area (Å²) in [5.74, 6) is -0.971. The molecule has 0 bridgehead atoms. The summed E-state index contributed by atoms with van der Waals surface area (Å²) in [5, 5.41) is 13.9. The number of fused-ring (bicyclic) bond motifs is 1. The molecule has 2 aromatic heterocycles. The Morgan fingerprint density at radius 3 is 2.76 bits per heavy atom. The molecular formula is C12H7NO2S2. The van der Waals surface area contributed by atoms with Gasteiger partial charge in [-0.3, -0.25) is 0 Å². The second kappa shape index (κ2) is 3.94. The Morgan fingerprint density at radius 1 is 1.18 bits per heavy atom. The Balaban J connectivity index is 2.17. The predicted molar refractivity (Wildman–Crippen MR) is 69.9 cm³/mol. The molecule has 0 unspecified atom stereocenters. The lowest BCUT2D eigenvalue weighted by molar-refractivity contribution is 0.0696. The smallest absolute Gasteiger partial charge is 0.365 e. The van der Waals surface area contributed by atoms with Crippen LogP contribution >= 0.6 is 22.7 Å². The number of hydrogen-bond donors (Lipinski definition) is 1. The summed E-state index contributed by atoms with van der Waals surface area (Å²) in [5.41, 5.74) is 1.75. The first-order valence-electron chi connectivity index (χ1n) is 4.91. The largest absolute Gasteiger partial charge is 0.476 e. The summed E-state index contributed by atoms with van der Waals surface area (Å²) in [4.78, 5) is 14.9. The van der Waals surface area contributed by atoms with Gasteiger partial charge in [0.05, 0.1) is 5.69 Å². The van der Waals surface area contributed by atoms with Crippen LogP contribution in [0.1, 0.15) is 9.80 Å². The van der Waals surface area contributed by atoms with Crippen LogP contribution in [-0.2, 0) is 0 Å². The van der Waals surface area contributed by atoms with E-state index in [1.54, 1.807) is 16.7 Å². The van der Waals surface area contributed by atoms with Gasteiger partial charge in [-0.05, 0) is 6.07 Å². The Labute approximate surface area is 105 Å². The maximum Gasteiger partial charge on any atom is 0.365 e. The minimum absolute atomic E-state index is 0.135. The van der Waals surface area contributed by atoms with Gasteiger partial charge < -0.3 is 5.11 Å². The van der Waals surface area contributed by atoms with Gasteiger partial charge in [-0.25, -0.2) is 9.78 Å². The highest BCUT2D eigenvalue weighted by Gasteiger charge is 2.13. The summed E-state index contributed by atoms with van der Waals surface area (Å²) in [6, 6.07) is 8.05. The molecule has 0 amide bonds. The average Bonchev–Trinajstić information content (AvgIpc) is 2.95. The standard InChI is InChI=1S/C12H7NO2S2/c14-12(15)11-13-9(6-17-11)8-5-16-10-4-2-1-3-7(8)10/h1-6H,(H,14,15). The molecule has 1 aromatic carbocycles. The van der Waals surface area contributed by atoms with Gasteiger partial charge in [0.1, 0.15) is 0 Å². The van der Waals surface area contributed by atoms with Gasteiger partial charge in [0.15, 0.2) is 0 Å². The van der Waals surface area contributed by atoms with Crippen LogP contribution in [-0.4, -0.2) is 16.1 Å². The van der Waals surface area contributed by atoms with Gasteiger partial charge in [-0.2, -0.15) is 0 Å². The minimum atomic E-state index is -0.971. The summed E-state index contributed by atoms with van der Waals surface area (Å²) < 4.78 is 1.19. The van der Waals surface area contributed by atoms with Crippen molar-refractivity contribution in [2.45, 2.75) is 0 Å². The van der Waals surface area contributed by atoms with Crippen molar-refractivity contribution in [3.05, 3.63) is 40.0 Å². The molecule has 0 saturated carbocycles. The Morgan fingerprint density at radius 2 is 2.00 bits per heavy atom. The number of carboxylic acids is 1. The van der Waals surface area contributed by atoms with Gasteiger partial charge in [-0.1, -0.05) is 18.2 Å². The highest BCUT2D eigenvalue weighted by Crippen LogP contribution is 2.34. The average molecular weight is 261 g/mol. The van der Waals surface area contributed by atoms with Crippen molar-refractivity contribution in [1.82, 2.24) is 4.98 Å². The van der Waals surface area contributed by atoms with Crippen LogP contribution in [0.15, 0.2) is 35.0 Å². The minimum Gasteiger partial charge on any atom is -0.476 e. The van der Waals surface area contributed by atoms with Gasteiger partial charge >= 0.3 is 5.97 Å². The molecule has 0 fully saturated rings. The third-order valence-electron chi connectivity index (χ3n) is 2.44. The molecule has 5 heteroatoms. The fourth-order valence-electron chi connectivity index (χ4n) is 1.67. The number of carboxylic acid groups (broad SMARTS) is 1. The maximum absolute atomic E-state index is 10.8. The summed E-state index contributed by atoms with van der Waals surface area (Å²) >= 11 is 2.80. The molecule has 3 aromatic rings. The van der Waals surface area contributed by atoms with E-state index in [0.717, 1.165) is 28.0 Å². The van der Waals surface area contributed by atoms with Crippen LogP contribution in [0.3, 0.4) is 0 Å². The summed E-state index contributed by atoms with van der Waals surface area (Å²) in [6.45, 7) is 0. The molecule has 0 saturated heterocycles. The second-order valence-electron chi connectivity index (χ2n) is 3.49. The van der Waals surface area contributed by atoms with E-state index in [-0.39, 0.29) is 5.01 Å². The normalized spacial score (nSPS) is 10.8. The van der Waals surface area contributed by atoms with E-state index < -0.39 is 5.97 Å². The molecule has 1 N–H and O–H groups in total. The first-order chi connectivity index (χ1) is 8.25. The van der Waals surface area contributed by atoms with Gasteiger partial charge in [-0.15, -0.1) is 22.7 Å². The number of thiophene rings is 1. The van der Waals surface area contributed by atoms with E-state index in [0.29, 0.717) is 0 Å². The molecular weight excluding hydrogens is 254 g/mol. The second-order valence-corrected chi connectivity index (χ2v) is 5.26. The SMILES string of the molecule is O=C(O)c1nc(-c2csc3ccccc23)cs1. The molecule has 3 rings (SSSR count). The van der Waals surface area contributed by atoms with Crippen LogP contribution in [0, 0.1) is 0 Å². The van der Waals surface area contributed by atoms with Crippen molar-refractivity contribution in [1.29, 1.82) is 0 Å². The van der Waals surface area contributed by atoms with Crippen molar-refractivity contribution in [3.8, 4) is 11.3 Å². The molecule has 0 spiro atoms. The van der Waals surface area contributed by atoms with E-state index in [2.05, 4.69) is 4.98 Å². The Hall–Kier alpha value is -1.72. The first-order valence-corrected chi connectivity index (χ1v) is 6.67. The zero-order valence-electron chi connectivity index (χ0n) is 8.58. The summed E-state index contributed by atoms with van der Waals surface area (Å²) in [6.07, 6.45) is 0. The lowest BCUT2D eigenvalue weighted by Gasteiger charge is -1.93. The third kappa shape index (κ3) is 1.73. The fourth-order valence-corrected chi connectivity index (χ4v) is 3.28. The predicted octanol–water partition coefficient (Wildman–Crippen LogP) is 3.72. The zero-order chi connectivity index (χ0) is 11.8. The van der Waals surface area contributed by atoms with E-state index in [4.69, 9.17) is 5.11 Å². The lowest BCUT2D eigenvalue weighted by atomic mass is 10.1. The molecule has 0 aliphatic rings. The van der Waals surface area contributed by atoms with Crippen molar-refractivity contribution < 1.29 is 9.90 Å². The monoisotopic (exact) mass is 261 g/mol. The topological polar surface area (TPSA) is 50.2 Å². The number of aromatic carboxylic acids is 1. The Kier molecular flexibility index (Phi) is 2.42. The maximum atomic E-state index is 10.8. The Bertz CT molecular complexity index is 699.